The molecule has 0 aromatic rings. The fourth-order valence-corrected chi connectivity index (χ4v) is 0.779. The molecule has 0 radical (unpaired) electrons. The van der Waals surface area contributed by atoms with Crippen molar-refractivity contribution in [2.24, 2.45) is 11.8 Å². The summed E-state index contributed by atoms with van der Waals surface area (Å²) in [4.78, 5) is 0. The molecule has 4 nitrogen and oxygen atoms in total. The van der Waals surface area contributed by atoms with E-state index in [4.69, 9.17) is 21.0 Å². The Morgan fingerprint density at radius 1 is 0.714 bits per heavy atom. The van der Waals surface area contributed by atoms with Gasteiger partial charge in [0.2, 0.25) is 0 Å². The van der Waals surface area contributed by atoms with Gasteiger partial charge >= 0.3 is 0 Å². The van der Waals surface area contributed by atoms with Crippen molar-refractivity contribution >= 4 is 0 Å². The van der Waals surface area contributed by atoms with E-state index in [1.165, 1.54) is 12.2 Å². The summed E-state index contributed by atoms with van der Waals surface area (Å²) in [5.74, 6) is -1.38. The van der Waals surface area contributed by atoms with E-state index in [1.807, 2.05) is 12.1 Å². The van der Waals surface area contributed by atoms with Gasteiger partial charge in [-0.2, -0.15) is 21.0 Å². The summed E-state index contributed by atoms with van der Waals surface area (Å²) in [5, 5.41) is 33.8. The van der Waals surface area contributed by atoms with E-state index < -0.39 is 11.8 Å². The van der Waals surface area contributed by atoms with Gasteiger partial charge in [0.05, 0.1) is 36.1 Å². The third-order valence-corrected chi connectivity index (χ3v) is 1.44. The number of allylic oxidation sites excluding steroid dienone is 4. The molecule has 2 unspecified atom stereocenters. The maximum atomic E-state index is 8.67. The van der Waals surface area contributed by atoms with Crippen molar-refractivity contribution in [1.29, 1.82) is 21.0 Å². The first-order valence-corrected chi connectivity index (χ1v) is 3.72. The van der Waals surface area contributed by atoms with Crippen molar-refractivity contribution < 1.29 is 0 Å². The van der Waals surface area contributed by atoms with Gasteiger partial charge in [0.1, 0.15) is 0 Å². The van der Waals surface area contributed by atoms with Crippen LogP contribution in [0.2, 0.25) is 0 Å². The van der Waals surface area contributed by atoms with Crippen LogP contribution in [-0.2, 0) is 0 Å². The molecule has 0 fully saturated rings. The molecule has 0 spiro atoms. The number of rotatable bonds is 3. The third kappa shape index (κ3) is 3.72. The lowest BCUT2D eigenvalue weighted by Gasteiger charge is -2.04. The molecular weight excluding hydrogens is 176 g/mol. The Hall–Kier alpha value is -2.56. The predicted octanol–water partition coefficient (Wildman–Crippen LogP) is 1.43. The Morgan fingerprint density at radius 2 is 1.07 bits per heavy atom. The molecule has 0 aliphatic rings. The summed E-state index contributed by atoms with van der Waals surface area (Å²) in [6.45, 7) is 0. The summed E-state index contributed by atoms with van der Waals surface area (Å²) in [5.41, 5.74) is 0. The number of hydrogen-bond acceptors (Lipinski definition) is 4. The topological polar surface area (TPSA) is 95.2 Å². The van der Waals surface area contributed by atoms with E-state index in [0.29, 0.717) is 0 Å². The van der Waals surface area contributed by atoms with Crippen LogP contribution in [0.25, 0.3) is 0 Å². The largest absolute Gasteiger partial charge is 0.198 e. The highest BCUT2D eigenvalue weighted by molar-refractivity contribution is 5.20. The third-order valence-electron chi connectivity index (χ3n) is 1.44. The Morgan fingerprint density at radius 3 is 1.29 bits per heavy atom. The molecule has 0 aliphatic carbocycles. The summed E-state index contributed by atoms with van der Waals surface area (Å²) in [6, 6.07) is 7.23. The molecule has 0 bridgehead atoms. The average molecular weight is 182 g/mol. The normalized spacial score (nSPS) is 13.7. The monoisotopic (exact) mass is 182 g/mol. The van der Waals surface area contributed by atoms with Crippen LogP contribution in [0.1, 0.15) is 0 Å². The zero-order valence-corrected chi connectivity index (χ0v) is 7.25. The summed E-state index contributed by atoms with van der Waals surface area (Å²) >= 11 is 0. The highest BCUT2D eigenvalue weighted by Crippen LogP contribution is 2.13. The molecular formula is C10H6N4. The minimum Gasteiger partial charge on any atom is -0.198 e. The van der Waals surface area contributed by atoms with Crippen molar-refractivity contribution in [1.82, 2.24) is 0 Å². The van der Waals surface area contributed by atoms with Gasteiger partial charge in [-0.25, -0.2) is 0 Å². The van der Waals surface area contributed by atoms with E-state index in [0.717, 1.165) is 12.2 Å². The Balaban J connectivity index is 4.70. The van der Waals surface area contributed by atoms with Crippen molar-refractivity contribution in [3.05, 3.63) is 24.3 Å². The molecule has 0 amide bonds. The quantitative estimate of drug-likeness (QED) is 0.616. The van der Waals surface area contributed by atoms with Crippen LogP contribution in [0.15, 0.2) is 24.3 Å². The first-order chi connectivity index (χ1) is 6.79. The SMILES string of the molecule is N#C/C=C/C(C#N)C(C#N)/C=C/C#N. The van der Waals surface area contributed by atoms with Gasteiger partial charge in [-0.05, 0) is 0 Å². The molecule has 0 aromatic carbocycles. The second-order valence-corrected chi connectivity index (χ2v) is 2.29. The van der Waals surface area contributed by atoms with Gasteiger partial charge < -0.3 is 0 Å². The molecule has 0 aromatic heterocycles. The van der Waals surface area contributed by atoms with Gasteiger partial charge in [0.15, 0.2) is 0 Å². The number of nitriles is 4. The molecule has 0 saturated heterocycles. The van der Waals surface area contributed by atoms with Crippen LogP contribution in [0.3, 0.4) is 0 Å². The lowest BCUT2D eigenvalue weighted by atomic mass is 9.94. The summed E-state index contributed by atoms with van der Waals surface area (Å²) in [6.07, 6.45) is 4.99. The van der Waals surface area contributed by atoms with Gasteiger partial charge in [-0.15, -0.1) is 0 Å². The van der Waals surface area contributed by atoms with E-state index in [9.17, 15) is 0 Å². The first kappa shape index (κ1) is 11.4. The van der Waals surface area contributed by atoms with Crippen LogP contribution in [0.5, 0.6) is 0 Å². The van der Waals surface area contributed by atoms with Gasteiger partial charge in [-0.1, -0.05) is 12.2 Å². The summed E-state index contributed by atoms with van der Waals surface area (Å²) in [7, 11) is 0. The second kappa shape index (κ2) is 7.11. The molecule has 4 heteroatoms. The van der Waals surface area contributed by atoms with E-state index >= 15 is 0 Å². The van der Waals surface area contributed by atoms with Crippen molar-refractivity contribution in [2.45, 2.75) is 0 Å². The molecule has 0 rings (SSSR count). The second-order valence-electron chi connectivity index (χ2n) is 2.29. The zero-order chi connectivity index (χ0) is 10.8. The molecule has 2 atom stereocenters. The van der Waals surface area contributed by atoms with E-state index in [1.54, 1.807) is 12.1 Å². The predicted molar refractivity (Wildman–Crippen MR) is 47.7 cm³/mol. The maximum Gasteiger partial charge on any atom is 0.0909 e. The minimum absolute atomic E-state index is 0.691. The molecule has 14 heavy (non-hydrogen) atoms. The minimum atomic E-state index is -0.691. The van der Waals surface area contributed by atoms with Crippen LogP contribution >= 0.6 is 0 Å². The average Bonchev–Trinajstić information content (AvgIpc) is 2.23. The molecule has 0 saturated carbocycles. The lowest BCUT2D eigenvalue weighted by molar-refractivity contribution is 0.701. The summed E-state index contributed by atoms with van der Waals surface area (Å²) < 4.78 is 0. The van der Waals surface area contributed by atoms with E-state index in [2.05, 4.69) is 0 Å². The van der Waals surface area contributed by atoms with Gasteiger partial charge in [0.25, 0.3) is 0 Å². The fraction of sp³-hybridized carbons (Fsp3) is 0.200. The maximum absolute atomic E-state index is 8.67. The molecule has 0 aliphatic heterocycles. The van der Waals surface area contributed by atoms with Crippen LogP contribution in [-0.4, -0.2) is 0 Å². The molecule has 66 valence electrons. The van der Waals surface area contributed by atoms with Crippen LogP contribution in [0.4, 0.5) is 0 Å². The highest BCUT2D eigenvalue weighted by Gasteiger charge is 2.14. The Kier molecular flexibility index (Phi) is 5.81. The Labute approximate surface area is 82.2 Å². The van der Waals surface area contributed by atoms with Crippen molar-refractivity contribution in [2.75, 3.05) is 0 Å². The fourth-order valence-electron chi connectivity index (χ4n) is 0.779. The van der Waals surface area contributed by atoms with E-state index in [-0.39, 0.29) is 0 Å². The highest BCUT2D eigenvalue weighted by atomic mass is 14.3. The molecule has 0 N–H and O–H groups in total. The van der Waals surface area contributed by atoms with Crippen LogP contribution in [0, 0.1) is 57.2 Å². The smallest absolute Gasteiger partial charge is 0.0909 e. The van der Waals surface area contributed by atoms with Gasteiger partial charge in [0, 0.05) is 12.2 Å². The molecule has 0 heterocycles. The van der Waals surface area contributed by atoms with Crippen molar-refractivity contribution in [3.63, 3.8) is 0 Å². The number of hydrogen-bond donors (Lipinski definition) is 0. The van der Waals surface area contributed by atoms with Crippen molar-refractivity contribution in [3.8, 4) is 24.3 Å². The lowest BCUT2D eigenvalue weighted by Crippen LogP contribution is -2.05. The first-order valence-electron chi connectivity index (χ1n) is 3.72. The zero-order valence-electron chi connectivity index (χ0n) is 7.25. The van der Waals surface area contributed by atoms with Gasteiger partial charge in [-0.3, -0.25) is 0 Å². The Bertz CT molecular complexity index is 352. The number of nitrogens with zero attached hydrogens (tertiary/aromatic N) is 4. The van der Waals surface area contributed by atoms with Crippen LogP contribution < -0.4 is 0 Å². The standard InChI is InChI=1S/C10H6N4/c11-5-1-3-9(7-13)10(8-14)4-2-6-12/h1-4,9-10H/b3-1+,4-2+.